The van der Waals surface area contributed by atoms with Crippen molar-refractivity contribution in [1.82, 2.24) is 24.7 Å². The van der Waals surface area contributed by atoms with Gasteiger partial charge in [0.05, 0.1) is 24.6 Å². The van der Waals surface area contributed by atoms with Gasteiger partial charge >= 0.3 is 12.1 Å². The van der Waals surface area contributed by atoms with Crippen LogP contribution in [-0.4, -0.2) is 42.0 Å². The van der Waals surface area contributed by atoms with Crippen molar-refractivity contribution in [3.63, 3.8) is 0 Å². The van der Waals surface area contributed by atoms with Crippen molar-refractivity contribution in [1.29, 1.82) is 0 Å². The molecule has 10 heteroatoms. The molecule has 3 aromatic heterocycles. The Balaban J connectivity index is 0.000000384. The van der Waals surface area contributed by atoms with Gasteiger partial charge in [-0.1, -0.05) is 60.7 Å². The molecule has 36 heavy (non-hydrogen) atoms. The van der Waals surface area contributed by atoms with E-state index in [0.29, 0.717) is 0 Å². The summed E-state index contributed by atoms with van der Waals surface area (Å²) in [6.07, 6.45) is 2.52. The number of H-pyrrole nitrogens is 1. The fourth-order valence-electron chi connectivity index (χ4n) is 3.32. The lowest BCUT2D eigenvalue weighted by atomic mass is 10.1. The number of imidazole rings is 1. The summed E-state index contributed by atoms with van der Waals surface area (Å²) in [5.74, 6) is -2.00. The Morgan fingerprint density at radius 3 is 2.22 bits per heavy atom. The van der Waals surface area contributed by atoms with E-state index in [4.69, 9.17) is 9.90 Å². The molecule has 0 aliphatic carbocycles. The fourth-order valence-corrected chi connectivity index (χ4v) is 3.32. The van der Waals surface area contributed by atoms with Crippen molar-refractivity contribution in [2.24, 2.45) is 0 Å². The van der Waals surface area contributed by atoms with Gasteiger partial charge in [0.1, 0.15) is 5.69 Å². The van der Waals surface area contributed by atoms with E-state index in [1.807, 2.05) is 71.8 Å². The molecule has 0 saturated heterocycles. The van der Waals surface area contributed by atoms with Gasteiger partial charge in [0.25, 0.3) is 0 Å². The van der Waals surface area contributed by atoms with E-state index in [1.165, 1.54) is 5.56 Å². The smallest absolute Gasteiger partial charge is 0.475 e. The first kappa shape index (κ1) is 24.4. The first-order valence-electron chi connectivity index (χ1n) is 10.7. The van der Waals surface area contributed by atoms with E-state index in [0.717, 1.165) is 40.4 Å². The summed E-state index contributed by atoms with van der Waals surface area (Å²) < 4.78 is 33.7. The van der Waals surface area contributed by atoms with Crippen LogP contribution < -0.4 is 0 Å². The summed E-state index contributed by atoms with van der Waals surface area (Å²) in [4.78, 5) is 21.3. The first-order chi connectivity index (χ1) is 17.3. The largest absolute Gasteiger partial charge is 0.490 e. The number of carboxylic acid groups (broad SMARTS) is 1. The quantitative estimate of drug-likeness (QED) is 0.330. The van der Waals surface area contributed by atoms with Gasteiger partial charge in [0.15, 0.2) is 5.82 Å². The summed E-state index contributed by atoms with van der Waals surface area (Å²) in [5, 5.41) is 11.6. The summed E-state index contributed by atoms with van der Waals surface area (Å²) in [6, 6.07) is 24.5. The maximum Gasteiger partial charge on any atom is 0.490 e. The number of pyridine rings is 1. The van der Waals surface area contributed by atoms with Crippen LogP contribution in [0.4, 0.5) is 13.2 Å². The van der Waals surface area contributed by atoms with Crippen LogP contribution in [0.15, 0.2) is 97.6 Å². The molecule has 5 rings (SSSR count). The lowest BCUT2D eigenvalue weighted by Crippen LogP contribution is -2.21. The van der Waals surface area contributed by atoms with Gasteiger partial charge in [-0.15, -0.1) is 0 Å². The lowest BCUT2D eigenvalue weighted by molar-refractivity contribution is -0.192. The van der Waals surface area contributed by atoms with Crippen molar-refractivity contribution in [2.45, 2.75) is 12.7 Å². The zero-order chi connectivity index (χ0) is 25.5. The fraction of sp³-hybridized carbons (Fsp3) is 0.0769. The van der Waals surface area contributed by atoms with Gasteiger partial charge in [-0.3, -0.25) is 9.67 Å². The van der Waals surface area contributed by atoms with Gasteiger partial charge in [0, 0.05) is 18.0 Å². The number of carboxylic acids is 1. The van der Waals surface area contributed by atoms with E-state index in [9.17, 15) is 13.2 Å². The molecule has 7 nitrogen and oxygen atoms in total. The molecule has 182 valence electrons. The number of nitrogens with zero attached hydrogens (tertiary/aromatic N) is 4. The lowest BCUT2D eigenvalue weighted by Gasteiger charge is -2.02. The number of aromatic amines is 1. The number of nitrogens with one attached hydrogen (secondary N) is 1. The van der Waals surface area contributed by atoms with Crippen LogP contribution in [0.25, 0.3) is 33.9 Å². The molecule has 0 spiro atoms. The van der Waals surface area contributed by atoms with Crippen LogP contribution in [0.5, 0.6) is 0 Å². The monoisotopic (exact) mass is 491 g/mol. The third kappa shape index (κ3) is 6.23. The Hall–Kier alpha value is -4.73. The van der Waals surface area contributed by atoms with Crippen LogP contribution in [0, 0.1) is 0 Å². The molecule has 0 unspecified atom stereocenters. The predicted molar refractivity (Wildman–Crippen MR) is 128 cm³/mol. The molecule has 3 heterocycles. The minimum absolute atomic E-state index is 0.747. The van der Waals surface area contributed by atoms with Crippen LogP contribution in [-0.2, 0) is 11.3 Å². The van der Waals surface area contributed by atoms with Gasteiger partial charge in [-0.25, -0.2) is 9.78 Å². The molecule has 2 N–H and O–H groups in total. The Morgan fingerprint density at radius 2 is 1.56 bits per heavy atom. The third-order valence-corrected chi connectivity index (χ3v) is 5.06. The van der Waals surface area contributed by atoms with Crippen molar-refractivity contribution in [3.8, 4) is 33.9 Å². The third-order valence-electron chi connectivity index (χ3n) is 5.06. The number of carbonyl (C=O) groups is 1. The normalized spacial score (nSPS) is 11.0. The second kappa shape index (κ2) is 10.7. The standard InChI is InChI=1S/C24H19N5.C2HF3O2/c1-3-7-18(8-4-1)16-29-17-21(14-27-29)20-11-12-25-22(13-20)24-26-15-23(28-24)19-9-5-2-6-10-19;3-2(4,5)1(6)7/h1-15,17H,16H2,(H,26,28);(H,6,7). The Kier molecular flexibility index (Phi) is 7.24. The molecule has 0 aliphatic rings. The van der Waals surface area contributed by atoms with Crippen molar-refractivity contribution in [2.75, 3.05) is 0 Å². The molecule has 0 atom stereocenters. The molecule has 0 amide bonds. The minimum Gasteiger partial charge on any atom is -0.475 e. The van der Waals surface area contributed by atoms with Gasteiger partial charge in [-0.2, -0.15) is 18.3 Å². The number of halogens is 3. The van der Waals surface area contributed by atoms with E-state index < -0.39 is 12.1 Å². The average Bonchev–Trinajstić information content (AvgIpc) is 3.56. The topological polar surface area (TPSA) is 96.7 Å². The van der Waals surface area contributed by atoms with Crippen LogP contribution in [0.2, 0.25) is 0 Å². The van der Waals surface area contributed by atoms with Crippen molar-refractivity contribution < 1.29 is 23.1 Å². The van der Waals surface area contributed by atoms with E-state index in [1.54, 1.807) is 0 Å². The van der Waals surface area contributed by atoms with Gasteiger partial charge in [0.2, 0.25) is 0 Å². The molecular weight excluding hydrogens is 471 g/mol. The number of alkyl halides is 3. The number of hydrogen-bond donors (Lipinski definition) is 2. The van der Waals surface area contributed by atoms with Gasteiger partial charge < -0.3 is 10.1 Å². The highest BCUT2D eigenvalue weighted by molar-refractivity contribution is 5.73. The molecule has 2 aromatic carbocycles. The van der Waals surface area contributed by atoms with E-state index >= 15 is 0 Å². The number of hydrogen-bond acceptors (Lipinski definition) is 4. The molecule has 0 bridgehead atoms. The Labute approximate surface area is 203 Å². The molecule has 0 aliphatic heterocycles. The minimum atomic E-state index is -5.08. The second-order valence-corrected chi connectivity index (χ2v) is 7.66. The maximum absolute atomic E-state index is 10.6. The zero-order valence-corrected chi connectivity index (χ0v) is 18.7. The molecular formula is C26H20F3N5O2. The van der Waals surface area contributed by atoms with Gasteiger partial charge in [-0.05, 0) is 28.8 Å². The Morgan fingerprint density at radius 1 is 0.889 bits per heavy atom. The maximum atomic E-state index is 10.6. The summed E-state index contributed by atoms with van der Waals surface area (Å²) in [7, 11) is 0. The van der Waals surface area contributed by atoms with Crippen LogP contribution in [0.1, 0.15) is 5.56 Å². The highest BCUT2D eigenvalue weighted by atomic mass is 19.4. The molecule has 0 radical (unpaired) electrons. The highest BCUT2D eigenvalue weighted by Crippen LogP contribution is 2.25. The average molecular weight is 491 g/mol. The van der Waals surface area contributed by atoms with Crippen LogP contribution >= 0.6 is 0 Å². The number of aromatic nitrogens is 5. The Bertz CT molecular complexity index is 1430. The van der Waals surface area contributed by atoms with Crippen molar-refractivity contribution >= 4 is 5.97 Å². The number of aliphatic carboxylic acids is 1. The van der Waals surface area contributed by atoms with E-state index in [-0.39, 0.29) is 0 Å². The molecule has 5 aromatic rings. The molecule has 0 saturated carbocycles. The summed E-state index contributed by atoms with van der Waals surface area (Å²) >= 11 is 0. The second-order valence-electron chi connectivity index (χ2n) is 7.66. The molecule has 0 fully saturated rings. The van der Waals surface area contributed by atoms with Crippen LogP contribution in [0.3, 0.4) is 0 Å². The summed E-state index contributed by atoms with van der Waals surface area (Å²) in [6.45, 7) is 0.747. The summed E-state index contributed by atoms with van der Waals surface area (Å²) in [5.41, 5.74) is 6.22. The first-order valence-corrected chi connectivity index (χ1v) is 10.7. The zero-order valence-electron chi connectivity index (χ0n) is 18.7. The SMILES string of the molecule is O=C(O)C(F)(F)F.c1ccc(Cn2cc(-c3ccnc(-c4ncc(-c5ccccc5)[nH]4)c3)cn2)cc1. The number of rotatable bonds is 5. The highest BCUT2D eigenvalue weighted by Gasteiger charge is 2.38. The van der Waals surface area contributed by atoms with E-state index in [2.05, 4.69) is 50.5 Å². The number of benzene rings is 2. The van der Waals surface area contributed by atoms with Crippen molar-refractivity contribution in [3.05, 3.63) is 103 Å². The predicted octanol–water partition coefficient (Wildman–Crippen LogP) is 5.68.